The number of carbonyl (C=O) groups excluding carboxylic acids is 3. The van der Waals surface area contributed by atoms with E-state index in [9.17, 15) is 14.4 Å². The van der Waals surface area contributed by atoms with Crippen molar-refractivity contribution in [1.82, 2.24) is 0 Å². The van der Waals surface area contributed by atoms with Crippen molar-refractivity contribution in [3.63, 3.8) is 0 Å². The van der Waals surface area contributed by atoms with E-state index >= 15 is 0 Å². The van der Waals surface area contributed by atoms with Gasteiger partial charge < -0.3 is 14.2 Å². The van der Waals surface area contributed by atoms with Crippen LogP contribution in [0.1, 0.15) is 380 Å². The van der Waals surface area contributed by atoms with Crippen LogP contribution in [0.2, 0.25) is 0 Å². The van der Waals surface area contributed by atoms with Crippen molar-refractivity contribution in [2.45, 2.75) is 386 Å². The molecule has 77 heavy (non-hydrogen) atoms. The number of carbonyl (C=O) groups is 3. The number of esters is 3. The van der Waals surface area contributed by atoms with Gasteiger partial charge in [-0.25, -0.2) is 0 Å². The Hall–Kier alpha value is -2.37. The summed E-state index contributed by atoms with van der Waals surface area (Å²) in [6.45, 7) is 6.69. The van der Waals surface area contributed by atoms with E-state index in [0.717, 1.165) is 70.6 Å². The molecule has 0 N–H and O–H groups in total. The molecular formula is C71H132O6. The molecule has 0 radical (unpaired) electrons. The van der Waals surface area contributed by atoms with Gasteiger partial charge in [0.1, 0.15) is 13.2 Å². The van der Waals surface area contributed by atoms with Gasteiger partial charge in [0.25, 0.3) is 0 Å². The van der Waals surface area contributed by atoms with E-state index in [1.54, 1.807) is 0 Å². The van der Waals surface area contributed by atoms with Crippen LogP contribution in [-0.4, -0.2) is 37.2 Å². The van der Waals surface area contributed by atoms with E-state index in [4.69, 9.17) is 14.2 Å². The fourth-order valence-electron chi connectivity index (χ4n) is 10.4. The Morgan fingerprint density at radius 1 is 0.260 bits per heavy atom. The lowest BCUT2D eigenvalue weighted by Crippen LogP contribution is -2.30. The lowest BCUT2D eigenvalue weighted by Gasteiger charge is -2.18. The van der Waals surface area contributed by atoms with Gasteiger partial charge in [0.05, 0.1) is 0 Å². The van der Waals surface area contributed by atoms with E-state index in [2.05, 4.69) is 57.2 Å². The van der Waals surface area contributed by atoms with Crippen LogP contribution < -0.4 is 0 Å². The first-order valence-corrected chi connectivity index (χ1v) is 34.5. The van der Waals surface area contributed by atoms with Crippen LogP contribution in [0.25, 0.3) is 0 Å². The first-order chi connectivity index (χ1) is 38.0. The number of unbranched alkanes of at least 4 members (excludes halogenated alkanes) is 47. The van der Waals surface area contributed by atoms with Crippen LogP contribution in [0.5, 0.6) is 0 Å². The second-order valence-corrected chi connectivity index (χ2v) is 23.4. The normalized spacial score (nSPS) is 12.2. The molecular weight excluding hydrogens is 949 g/mol. The number of rotatable bonds is 64. The maximum Gasteiger partial charge on any atom is 0.306 e. The van der Waals surface area contributed by atoms with Gasteiger partial charge in [0.15, 0.2) is 6.10 Å². The van der Waals surface area contributed by atoms with Crippen molar-refractivity contribution in [2.75, 3.05) is 13.2 Å². The summed E-state index contributed by atoms with van der Waals surface area (Å²) in [6, 6.07) is 0. The van der Waals surface area contributed by atoms with Gasteiger partial charge in [0, 0.05) is 19.3 Å². The summed E-state index contributed by atoms with van der Waals surface area (Å²) in [6.07, 6.45) is 81.6. The predicted molar refractivity (Wildman–Crippen MR) is 335 cm³/mol. The van der Waals surface area contributed by atoms with Crippen LogP contribution in [0, 0.1) is 0 Å². The van der Waals surface area contributed by atoms with Gasteiger partial charge in [0.2, 0.25) is 0 Å². The number of ether oxygens (including phenoxy) is 3. The third-order valence-electron chi connectivity index (χ3n) is 15.6. The summed E-state index contributed by atoms with van der Waals surface area (Å²) in [4.78, 5) is 38.4. The highest BCUT2D eigenvalue weighted by Gasteiger charge is 2.19. The first kappa shape index (κ1) is 74.6. The smallest absolute Gasteiger partial charge is 0.306 e. The Labute approximate surface area is 480 Å². The zero-order valence-electron chi connectivity index (χ0n) is 52.0. The topological polar surface area (TPSA) is 78.9 Å². The standard InChI is InChI=1S/C71H132O6/c1-4-7-10-13-16-19-22-25-28-31-33-35-37-38-40-43-46-49-52-55-58-61-64-70(73)76-67-68(66-75-69(72)63-60-57-54-51-48-45-42-30-27-24-21-18-15-12-9-6-3)77-71(74)65-62-59-56-53-50-47-44-41-39-36-34-32-29-26-23-20-17-14-11-8-5-2/h23,26,30,32,34,42,68H,4-22,24-25,27-29,31,33,35-41,43-67H2,1-3H3/b26-23-,34-32-,42-30-. The molecule has 0 heterocycles. The maximum absolute atomic E-state index is 12.9. The quantitative estimate of drug-likeness (QED) is 0.0261. The zero-order valence-corrected chi connectivity index (χ0v) is 52.0. The second kappa shape index (κ2) is 66.1. The second-order valence-electron chi connectivity index (χ2n) is 23.4. The Morgan fingerprint density at radius 3 is 0.727 bits per heavy atom. The van der Waals surface area contributed by atoms with Gasteiger partial charge in [-0.3, -0.25) is 14.4 Å². The minimum absolute atomic E-state index is 0.0718. The molecule has 0 rings (SSSR count). The van der Waals surface area contributed by atoms with E-state index in [0.29, 0.717) is 19.3 Å². The third kappa shape index (κ3) is 64.3. The van der Waals surface area contributed by atoms with Crippen molar-refractivity contribution < 1.29 is 28.6 Å². The zero-order chi connectivity index (χ0) is 55.7. The summed E-state index contributed by atoms with van der Waals surface area (Å²) in [7, 11) is 0. The van der Waals surface area contributed by atoms with Crippen LogP contribution in [-0.2, 0) is 28.6 Å². The number of allylic oxidation sites excluding steroid dienone is 6. The molecule has 0 fully saturated rings. The molecule has 6 heteroatoms. The summed E-state index contributed by atoms with van der Waals surface area (Å²) >= 11 is 0. The molecule has 1 unspecified atom stereocenters. The maximum atomic E-state index is 12.9. The fraction of sp³-hybridized carbons (Fsp3) is 0.873. The van der Waals surface area contributed by atoms with E-state index in [-0.39, 0.29) is 31.1 Å². The van der Waals surface area contributed by atoms with Gasteiger partial charge in [-0.15, -0.1) is 0 Å². The highest BCUT2D eigenvalue weighted by molar-refractivity contribution is 5.71. The predicted octanol–water partition coefficient (Wildman–Crippen LogP) is 23.6. The van der Waals surface area contributed by atoms with E-state index in [1.807, 2.05) is 0 Å². The monoisotopic (exact) mass is 1080 g/mol. The van der Waals surface area contributed by atoms with Crippen molar-refractivity contribution in [3.8, 4) is 0 Å². The Balaban J connectivity index is 4.31. The average molecular weight is 1080 g/mol. The molecule has 452 valence electrons. The lowest BCUT2D eigenvalue weighted by molar-refractivity contribution is -0.167. The average Bonchev–Trinajstić information content (AvgIpc) is 3.43. The van der Waals surface area contributed by atoms with Crippen molar-refractivity contribution in [2.24, 2.45) is 0 Å². The van der Waals surface area contributed by atoms with Crippen molar-refractivity contribution >= 4 is 17.9 Å². The van der Waals surface area contributed by atoms with Crippen LogP contribution in [0.15, 0.2) is 36.5 Å². The highest BCUT2D eigenvalue weighted by atomic mass is 16.6. The molecule has 0 aromatic heterocycles. The summed E-state index contributed by atoms with van der Waals surface area (Å²) in [5.74, 6) is -0.857. The summed E-state index contributed by atoms with van der Waals surface area (Å²) in [5, 5.41) is 0. The Morgan fingerprint density at radius 2 is 0.468 bits per heavy atom. The lowest BCUT2D eigenvalue weighted by atomic mass is 10.0. The summed E-state index contributed by atoms with van der Waals surface area (Å²) < 4.78 is 17.0. The molecule has 0 saturated heterocycles. The first-order valence-electron chi connectivity index (χ1n) is 34.5. The highest BCUT2D eigenvalue weighted by Crippen LogP contribution is 2.18. The van der Waals surface area contributed by atoms with Gasteiger partial charge in [-0.05, 0) is 77.0 Å². The minimum atomic E-state index is -0.777. The summed E-state index contributed by atoms with van der Waals surface area (Å²) in [5.41, 5.74) is 0. The number of hydrogen-bond donors (Lipinski definition) is 0. The molecule has 6 nitrogen and oxygen atoms in total. The van der Waals surface area contributed by atoms with Crippen molar-refractivity contribution in [3.05, 3.63) is 36.5 Å². The van der Waals surface area contributed by atoms with Crippen molar-refractivity contribution in [1.29, 1.82) is 0 Å². The van der Waals surface area contributed by atoms with Crippen LogP contribution in [0.4, 0.5) is 0 Å². The van der Waals surface area contributed by atoms with Gasteiger partial charge in [-0.2, -0.15) is 0 Å². The Kier molecular flexibility index (Phi) is 64.1. The van der Waals surface area contributed by atoms with Gasteiger partial charge in [-0.1, -0.05) is 320 Å². The van der Waals surface area contributed by atoms with Gasteiger partial charge >= 0.3 is 17.9 Å². The molecule has 0 spiro atoms. The molecule has 0 aliphatic carbocycles. The van der Waals surface area contributed by atoms with Crippen LogP contribution >= 0.6 is 0 Å². The SMILES string of the molecule is CCCCCCC/C=C\C/C=C\CCCCCCCCCCCC(=O)OC(COC(=O)CCCCCCC/C=C\CCCCCCCCC)COC(=O)CCCCCCCCCCCCCCCCCCCCCCCC. The van der Waals surface area contributed by atoms with E-state index < -0.39 is 6.10 Å². The van der Waals surface area contributed by atoms with E-state index in [1.165, 1.54) is 270 Å². The van der Waals surface area contributed by atoms with Crippen LogP contribution in [0.3, 0.4) is 0 Å². The molecule has 0 bridgehead atoms. The molecule has 0 saturated carbocycles. The molecule has 0 aromatic rings. The molecule has 1 atom stereocenters. The minimum Gasteiger partial charge on any atom is -0.462 e. The fourth-order valence-corrected chi connectivity index (χ4v) is 10.4. The largest absolute Gasteiger partial charge is 0.462 e. The molecule has 0 aromatic carbocycles. The third-order valence-corrected chi connectivity index (χ3v) is 15.6. The molecule has 0 aliphatic rings. The molecule has 0 aliphatic heterocycles. The molecule has 0 amide bonds. The Bertz CT molecular complexity index is 1290. The number of hydrogen-bond acceptors (Lipinski definition) is 6.